The van der Waals surface area contributed by atoms with E-state index in [0.29, 0.717) is 11.7 Å². The molecule has 0 spiro atoms. The van der Waals surface area contributed by atoms with E-state index in [4.69, 9.17) is 0 Å². The molecule has 2 fully saturated rings. The van der Waals surface area contributed by atoms with Gasteiger partial charge < -0.3 is 4.90 Å². The highest BCUT2D eigenvalue weighted by atomic mass is 16.2. The predicted octanol–water partition coefficient (Wildman–Crippen LogP) is 1.64. The molecule has 0 aromatic carbocycles. The molecule has 2 atom stereocenters. The lowest BCUT2D eigenvalue weighted by Crippen LogP contribution is -2.64. The number of fused-ring (bicyclic) bond motifs is 1. The lowest BCUT2D eigenvalue weighted by molar-refractivity contribution is -0.0429. The third-order valence-electron chi connectivity index (χ3n) is 5.32. The molecule has 4 rings (SSSR count). The van der Waals surface area contributed by atoms with Crippen molar-refractivity contribution >= 4 is 5.91 Å². The third-order valence-corrected chi connectivity index (χ3v) is 5.32. The molecule has 0 saturated carbocycles. The number of carbonyl (C=O) groups excluding carboxylic acids is 1. The van der Waals surface area contributed by atoms with E-state index in [9.17, 15) is 4.79 Å². The van der Waals surface area contributed by atoms with E-state index in [1.54, 1.807) is 10.9 Å². The quantitative estimate of drug-likeness (QED) is 0.858. The van der Waals surface area contributed by atoms with Crippen molar-refractivity contribution in [1.29, 1.82) is 0 Å². The first-order valence-corrected chi connectivity index (χ1v) is 8.70. The molecular formula is C18H23N5O. The summed E-state index contributed by atoms with van der Waals surface area (Å²) in [6.45, 7) is 6.50. The van der Waals surface area contributed by atoms with E-state index >= 15 is 0 Å². The zero-order chi connectivity index (χ0) is 16.5. The maximum Gasteiger partial charge on any atom is 0.272 e. The lowest BCUT2D eigenvalue weighted by Gasteiger charge is -2.53. The summed E-state index contributed by atoms with van der Waals surface area (Å²) >= 11 is 0. The summed E-state index contributed by atoms with van der Waals surface area (Å²) in [5, 5.41) is 4.22. The van der Waals surface area contributed by atoms with Crippen molar-refractivity contribution in [3.63, 3.8) is 0 Å². The van der Waals surface area contributed by atoms with Crippen LogP contribution < -0.4 is 0 Å². The first kappa shape index (κ1) is 15.3. The zero-order valence-electron chi connectivity index (χ0n) is 14.0. The number of nitrogens with zero attached hydrogens (tertiary/aromatic N) is 5. The average Bonchev–Trinajstić information content (AvgIpc) is 3.09. The molecule has 0 radical (unpaired) electrons. The highest BCUT2D eigenvalue weighted by molar-refractivity contribution is 5.92. The molecule has 2 saturated heterocycles. The Morgan fingerprint density at radius 1 is 1.21 bits per heavy atom. The van der Waals surface area contributed by atoms with Crippen LogP contribution in [-0.4, -0.2) is 56.1 Å². The van der Waals surface area contributed by atoms with Crippen molar-refractivity contribution in [3.05, 3.63) is 48.0 Å². The first-order valence-electron chi connectivity index (χ1n) is 8.70. The van der Waals surface area contributed by atoms with Gasteiger partial charge in [-0.15, -0.1) is 0 Å². The Kier molecular flexibility index (Phi) is 4.06. The first-order chi connectivity index (χ1) is 11.8. The second-order valence-electron chi connectivity index (χ2n) is 6.68. The number of amides is 1. The predicted molar refractivity (Wildman–Crippen MR) is 90.3 cm³/mol. The molecule has 4 heterocycles. The average molecular weight is 325 g/mol. The third kappa shape index (κ3) is 2.71. The van der Waals surface area contributed by atoms with Gasteiger partial charge in [0.15, 0.2) is 0 Å². The number of aryl methyl sites for hydroxylation is 1. The Labute approximate surface area is 142 Å². The van der Waals surface area contributed by atoms with Crippen molar-refractivity contribution in [1.82, 2.24) is 24.6 Å². The van der Waals surface area contributed by atoms with Crippen LogP contribution in [0.2, 0.25) is 0 Å². The van der Waals surface area contributed by atoms with Gasteiger partial charge in [-0.1, -0.05) is 0 Å². The molecule has 0 bridgehead atoms. The van der Waals surface area contributed by atoms with Crippen LogP contribution >= 0.6 is 0 Å². The summed E-state index contributed by atoms with van der Waals surface area (Å²) in [5.74, 6) is 0.843. The van der Waals surface area contributed by atoms with Crippen LogP contribution in [0, 0.1) is 5.92 Å². The van der Waals surface area contributed by atoms with Gasteiger partial charge in [0.05, 0.1) is 0 Å². The number of piperidine rings is 1. The van der Waals surface area contributed by atoms with Crippen molar-refractivity contribution in [2.24, 2.45) is 5.92 Å². The molecule has 2 aromatic rings. The van der Waals surface area contributed by atoms with Crippen LogP contribution in [0.1, 0.15) is 29.4 Å². The number of likely N-dealkylation sites (tertiary alicyclic amines) is 2. The van der Waals surface area contributed by atoms with Gasteiger partial charge in [-0.25, -0.2) is 0 Å². The van der Waals surface area contributed by atoms with E-state index in [1.807, 2.05) is 30.3 Å². The summed E-state index contributed by atoms with van der Waals surface area (Å²) in [7, 11) is 0. The highest BCUT2D eigenvalue weighted by Crippen LogP contribution is 2.34. The molecule has 2 aliphatic rings. The van der Waals surface area contributed by atoms with E-state index < -0.39 is 0 Å². The fourth-order valence-electron chi connectivity index (χ4n) is 3.92. The Morgan fingerprint density at radius 3 is 2.83 bits per heavy atom. The van der Waals surface area contributed by atoms with Gasteiger partial charge in [-0.2, -0.15) is 5.10 Å². The van der Waals surface area contributed by atoms with Gasteiger partial charge in [-0.05, 0) is 43.0 Å². The minimum atomic E-state index is 0.114. The number of hydrogen-bond donors (Lipinski definition) is 0. The SMILES string of the molecule is CCn1nccc1C(=O)N1CC[C@@H]2CN(Cc3ccncc3)[C@@H]2C1. The van der Waals surface area contributed by atoms with Crippen molar-refractivity contribution < 1.29 is 4.79 Å². The molecule has 6 nitrogen and oxygen atoms in total. The molecule has 2 aliphatic heterocycles. The Morgan fingerprint density at radius 2 is 2.04 bits per heavy atom. The van der Waals surface area contributed by atoms with Gasteiger partial charge in [0, 0.05) is 57.4 Å². The molecule has 126 valence electrons. The van der Waals surface area contributed by atoms with E-state index in [-0.39, 0.29) is 5.91 Å². The fraction of sp³-hybridized carbons (Fsp3) is 0.500. The molecule has 24 heavy (non-hydrogen) atoms. The number of pyridine rings is 1. The zero-order valence-corrected chi connectivity index (χ0v) is 14.0. The van der Waals surface area contributed by atoms with Crippen molar-refractivity contribution in [2.45, 2.75) is 32.5 Å². The minimum absolute atomic E-state index is 0.114. The normalized spacial score (nSPS) is 23.6. The summed E-state index contributed by atoms with van der Waals surface area (Å²) in [5.41, 5.74) is 1.99. The van der Waals surface area contributed by atoms with Gasteiger partial charge in [0.1, 0.15) is 5.69 Å². The molecule has 2 aromatic heterocycles. The number of hydrogen-bond acceptors (Lipinski definition) is 4. The van der Waals surface area contributed by atoms with E-state index in [0.717, 1.165) is 45.1 Å². The number of carbonyl (C=O) groups is 1. The highest BCUT2D eigenvalue weighted by Gasteiger charge is 2.43. The topological polar surface area (TPSA) is 54.3 Å². The second kappa shape index (κ2) is 6.36. The Hall–Kier alpha value is -2.21. The molecule has 6 heteroatoms. The van der Waals surface area contributed by atoms with Gasteiger partial charge in [-0.3, -0.25) is 19.4 Å². The van der Waals surface area contributed by atoms with Crippen LogP contribution in [0.15, 0.2) is 36.8 Å². The smallest absolute Gasteiger partial charge is 0.272 e. The summed E-state index contributed by atoms with van der Waals surface area (Å²) in [4.78, 5) is 21.4. The standard InChI is InChI=1S/C18H23N5O/c1-2-23-16(5-9-20-23)18(24)21-10-6-15-12-22(17(15)13-21)11-14-3-7-19-8-4-14/h3-5,7-9,15,17H,2,6,10-13H2,1H3/t15-,17-/m1/s1. The molecule has 0 aliphatic carbocycles. The lowest BCUT2D eigenvalue weighted by atomic mass is 9.82. The summed E-state index contributed by atoms with van der Waals surface area (Å²) < 4.78 is 1.78. The Bertz CT molecular complexity index is 713. The fourth-order valence-corrected chi connectivity index (χ4v) is 3.92. The number of aromatic nitrogens is 3. The van der Waals surface area contributed by atoms with Crippen molar-refractivity contribution in [2.75, 3.05) is 19.6 Å². The molecule has 0 unspecified atom stereocenters. The van der Waals surface area contributed by atoms with Crippen LogP contribution in [0.5, 0.6) is 0 Å². The summed E-state index contributed by atoms with van der Waals surface area (Å²) in [6, 6.07) is 6.44. The molecule has 1 amide bonds. The number of rotatable bonds is 4. The largest absolute Gasteiger partial charge is 0.336 e. The van der Waals surface area contributed by atoms with Crippen LogP contribution in [-0.2, 0) is 13.1 Å². The monoisotopic (exact) mass is 325 g/mol. The Balaban J connectivity index is 1.42. The van der Waals surface area contributed by atoms with Crippen LogP contribution in [0.25, 0.3) is 0 Å². The van der Waals surface area contributed by atoms with Gasteiger partial charge in [0.25, 0.3) is 5.91 Å². The van der Waals surface area contributed by atoms with Crippen molar-refractivity contribution in [3.8, 4) is 0 Å². The van der Waals surface area contributed by atoms with E-state index in [1.165, 1.54) is 5.56 Å². The van der Waals surface area contributed by atoms with Gasteiger partial charge >= 0.3 is 0 Å². The van der Waals surface area contributed by atoms with Crippen LogP contribution in [0.4, 0.5) is 0 Å². The summed E-state index contributed by atoms with van der Waals surface area (Å²) in [6.07, 6.45) is 6.50. The van der Waals surface area contributed by atoms with Gasteiger partial charge in [0.2, 0.25) is 0 Å². The van der Waals surface area contributed by atoms with E-state index in [2.05, 4.69) is 27.1 Å². The molecular weight excluding hydrogens is 302 g/mol. The molecule has 0 N–H and O–H groups in total. The minimum Gasteiger partial charge on any atom is -0.336 e. The van der Waals surface area contributed by atoms with Crippen LogP contribution in [0.3, 0.4) is 0 Å². The maximum absolute atomic E-state index is 12.8. The second-order valence-corrected chi connectivity index (χ2v) is 6.68. The maximum atomic E-state index is 12.8.